The van der Waals surface area contributed by atoms with Crippen LogP contribution in [-0.4, -0.2) is 15.6 Å². The number of rotatable bonds is 2. The van der Waals surface area contributed by atoms with Gasteiger partial charge in [-0.15, -0.1) is 0 Å². The molecule has 3 heteroatoms. The van der Waals surface area contributed by atoms with Gasteiger partial charge in [0.15, 0.2) is 5.78 Å². The lowest BCUT2D eigenvalue weighted by atomic mass is 10.1. The Balaban J connectivity index is 2.35. The van der Waals surface area contributed by atoms with E-state index in [2.05, 4.69) is 5.10 Å². The van der Waals surface area contributed by atoms with Crippen LogP contribution in [0.3, 0.4) is 0 Å². The Bertz CT molecular complexity index is 714. The first-order valence-electron chi connectivity index (χ1n) is 5.80. The molecule has 0 aliphatic rings. The molecule has 3 nitrogen and oxygen atoms in total. The summed E-state index contributed by atoms with van der Waals surface area (Å²) in [6.07, 6.45) is 1.79. The Morgan fingerprint density at radius 3 is 2.56 bits per heavy atom. The maximum Gasteiger partial charge on any atom is 0.161 e. The molecule has 88 valence electrons. The van der Waals surface area contributed by atoms with Crippen LogP contribution in [0.15, 0.2) is 54.7 Å². The molecule has 1 aromatic heterocycles. The molecule has 0 fully saturated rings. The van der Waals surface area contributed by atoms with E-state index in [4.69, 9.17) is 0 Å². The number of Topliss-reactive ketones (excluding diaryl/α,β-unsaturated/α-hetero) is 1. The van der Waals surface area contributed by atoms with Crippen molar-refractivity contribution in [3.8, 4) is 5.69 Å². The van der Waals surface area contributed by atoms with Crippen molar-refractivity contribution in [2.45, 2.75) is 6.92 Å². The van der Waals surface area contributed by atoms with Crippen LogP contribution >= 0.6 is 0 Å². The zero-order valence-electron chi connectivity index (χ0n) is 10.00. The molecular formula is C15H12N2O. The molecule has 1 heterocycles. The molecule has 0 amide bonds. The Hall–Kier alpha value is -2.42. The number of benzene rings is 2. The minimum atomic E-state index is 0.0540. The van der Waals surface area contributed by atoms with Gasteiger partial charge in [-0.1, -0.05) is 30.3 Å². The zero-order chi connectivity index (χ0) is 12.5. The van der Waals surface area contributed by atoms with Crippen molar-refractivity contribution in [3.05, 3.63) is 60.3 Å². The summed E-state index contributed by atoms with van der Waals surface area (Å²) in [7, 11) is 0. The number of carbonyl (C=O) groups is 1. The predicted octanol–water partition coefficient (Wildman–Crippen LogP) is 3.23. The third-order valence-electron chi connectivity index (χ3n) is 2.97. The molecule has 0 saturated carbocycles. The van der Waals surface area contributed by atoms with Crippen molar-refractivity contribution in [3.63, 3.8) is 0 Å². The number of fused-ring (bicyclic) bond motifs is 1. The van der Waals surface area contributed by atoms with E-state index in [0.29, 0.717) is 5.56 Å². The fourth-order valence-corrected chi connectivity index (χ4v) is 2.13. The molecule has 0 atom stereocenters. The van der Waals surface area contributed by atoms with Gasteiger partial charge in [-0.25, -0.2) is 4.68 Å². The molecule has 0 N–H and O–H groups in total. The van der Waals surface area contributed by atoms with Crippen molar-refractivity contribution < 1.29 is 4.79 Å². The third-order valence-corrected chi connectivity index (χ3v) is 2.97. The quantitative estimate of drug-likeness (QED) is 0.640. The van der Waals surface area contributed by atoms with Gasteiger partial charge in [0, 0.05) is 10.9 Å². The summed E-state index contributed by atoms with van der Waals surface area (Å²) in [6.45, 7) is 1.58. The van der Waals surface area contributed by atoms with Crippen molar-refractivity contribution in [1.82, 2.24) is 9.78 Å². The van der Waals surface area contributed by atoms with E-state index in [1.54, 1.807) is 13.1 Å². The number of hydrogen-bond acceptors (Lipinski definition) is 2. The lowest BCUT2D eigenvalue weighted by Gasteiger charge is -2.06. The molecular weight excluding hydrogens is 224 g/mol. The molecule has 2 aromatic carbocycles. The Morgan fingerprint density at radius 2 is 1.83 bits per heavy atom. The van der Waals surface area contributed by atoms with Gasteiger partial charge in [-0.05, 0) is 25.1 Å². The smallest absolute Gasteiger partial charge is 0.161 e. The molecule has 0 aliphatic heterocycles. The summed E-state index contributed by atoms with van der Waals surface area (Å²) in [6, 6.07) is 15.5. The van der Waals surface area contributed by atoms with Crippen molar-refractivity contribution in [1.29, 1.82) is 0 Å². The van der Waals surface area contributed by atoms with Gasteiger partial charge in [0.1, 0.15) is 0 Å². The van der Waals surface area contributed by atoms with Crippen LogP contribution in [0.25, 0.3) is 16.6 Å². The van der Waals surface area contributed by atoms with Gasteiger partial charge < -0.3 is 0 Å². The Kier molecular flexibility index (Phi) is 2.45. The standard InChI is InChI=1S/C15H12N2O/c1-11(18)14-9-5-6-12-10-16-17(15(12)14)13-7-3-2-4-8-13/h2-10H,1H3. The molecule has 0 radical (unpaired) electrons. The second kappa shape index (κ2) is 4.11. The molecule has 0 aliphatic carbocycles. The topological polar surface area (TPSA) is 34.9 Å². The average Bonchev–Trinajstić information content (AvgIpc) is 2.83. The molecule has 18 heavy (non-hydrogen) atoms. The largest absolute Gasteiger partial charge is 0.294 e. The molecule has 3 rings (SSSR count). The second-order valence-electron chi connectivity index (χ2n) is 4.19. The summed E-state index contributed by atoms with van der Waals surface area (Å²) >= 11 is 0. The number of ketones is 1. The SMILES string of the molecule is CC(=O)c1cccc2cnn(-c3ccccc3)c12. The molecule has 0 bridgehead atoms. The number of hydrogen-bond donors (Lipinski definition) is 0. The van der Waals surface area contributed by atoms with Crippen LogP contribution < -0.4 is 0 Å². The first-order valence-corrected chi connectivity index (χ1v) is 5.80. The summed E-state index contributed by atoms with van der Waals surface area (Å²) in [5, 5.41) is 5.35. The minimum Gasteiger partial charge on any atom is -0.294 e. The monoisotopic (exact) mass is 236 g/mol. The fourth-order valence-electron chi connectivity index (χ4n) is 2.13. The summed E-state index contributed by atoms with van der Waals surface area (Å²) in [4.78, 5) is 11.7. The van der Waals surface area contributed by atoms with E-state index in [9.17, 15) is 4.79 Å². The van der Waals surface area contributed by atoms with Crippen molar-refractivity contribution >= 4 is 16.7 Å². The average molecular weight is 236 g/mol. The highest BCUT2D eigenvalue weighted by Gasteiger charge is 2.11. The molecule has 3 aromatic rings. The van der Waals surface area contributed by atoms with E-state index in [1.165, 1.54) is 0 Å². The first kappa shape index (κ1) is 10.7. The van der Waals surface area contributed by atoms with Crippen LogP contribution in [-0.2, 0) is 0 Å². The van der Waals surface area contributed by atoms with E-state index >= 15 is 0 Å². The van der Waals surface area contributed by atoms with E-state index in [-0.39, 0.29) is 5.78 Å². The lowest BCUT2D eigenvalue weighted by molar-refractivity contribution is 0.101. The summed E-state index contributed by atoms with van der Waals surface area (Å²) in [5.74, 6) is 0.0540. The van der Waals surface area contributed by atoms with Crippen molar-refractivity contribution in [2.24, 2.45) is 0 Å². The Morgan fingerprint density at radius 1 is 1.06 bits per heavy atom. The first-order chi connectivity index (χ1) is 8.77. The van der Waals surface area contributed by atoms with Crippen molar-refractivity contribution in [2.75, 3.05) is 0 Å². The highest BCUT2D eigenvalue weighted by molar-refractivity contribution is 6.06. The highest BCUT2D eigenvalue weighted by Crippen LogP contribution is 2.22. The summed E-state index contributed by atoms with van der Waals surface area (Å²) in [5.41, 5.74) is 2.53. The number of aromatic nitrogens is 2. The van der Waals surface area contributed by atoms with Crippen LogP contribution in [0, 0.1) is 0 Å². The Labute approximate surface area is 105 Å². The fraction of sp³-hybridized carbons (Fsp3) is 0.0667. The molecule has 0 unspecified atom stereocenters. The molecule has 0 spiro atoms. The van der Waals surface area contributed by atoms with Crippen LogP contribution in [0.4, 0.5) is 0 Å². The van der Waals surface area contributed by atoms with Gasteiger partial charge in [-0.3, -0.25) is 4.79 Å². The predicted molar refractivity (Wildman–Crippen MR) is 71.1 cm³/mol. The van der Waals surface area contributed by atoms with Gasteiger partial charge in [0.05, 0.1) is 17.4 Å². The lowest BCUT2D eigenvalue weighted by Crippen LogP contribution is -2.01. The minimum absolute atomic E-state index is 0.0540. The van der Waals surface area contributed by atoms with E-state index in [0.717, 1.165) is 16.6 Å². The highest BCUT2D eigenvalue weighted by atomic mass is 16.1. The van der Waals surface area contributed by atoms with Crippen LogP contribution in [0.1, 0.15) is 17.3 Å². The van der Waals surface area contributed by atoms with Gasteiger partial charge >= 0.3 is 0 Å². The van der Waals surface area contributed by atoms with Gasteiger partial charge in [0.25, 0.3) is 0 Å². The van der Waals surface area contributed by atoms with Gasteiger partial charge in [0.2, 0.25) is 0 Å². The number of para-hydroxylation sites is 2. The number of carbonyl (C=O) groups excluding carboxylic acids is 1. The van der Waals surface area contributed by atoms with E-state index < -0.39 is 0 Å². The normalized spacial score (nSPS) is 10.7. The summed E-state index contributed by atoms with van der Waals surface area (Å²) < 4.78 is 1.81. The van der Waals surface area contributed by atoms with Gasteiger partial charge in [-0.2, -0.15) is 5.10 Å². The van der Waals surface area contributed by atoms with Crippen LogP contribution in [0.2, 0.25) is 0 Å². The number of nitrogens with zero attached hydrogens (tertiary/aromatic N) is 2. The molecule has 0 saturated heterocycles. The van der Waals surface area contributed by atoms with Crippen LogP contribution in [0.5, 0.6) is 0 Å². The van der Waals surface area contributed by atoms with E-state index in [1.807, 2.05) is 53.2 Å². The zero-order valence-corrected chi connectivity index (χ0v) is 10.00. The maximum atomic E-state index is 11.7. The third kappa shape index (κ3) is 1.61. The second-order valence-corrected chi connectivity index (χ2v) is 4.19. The maximum absolute atomic E-state index is 11.7.